The van der Waals surface area contributed by atoms with Crippen LogP contribution in [0.15, 0.2) is 26.7 Å². The molecule has 5 rings (SSSR count). The Kier molecular flexibility index (Phi) is 5.08. The number of Topliss-reactive ketones (excluding diaryl/α,β-unsaturated/α-hetero) is 1. The molecule has 3 aromatic rings. The minimum Gasteiger partial charge on any atom is -0.293 e. The van der Waals surface area contributed by atoms with Crippen LogP contribution in [0, 0.1) is 20.8 Å². The van der Waals surface area contributed by atoms with Crippen molar-refractivity contribution in [2.24, 2.45) is 0 Å². The minimum atomic E-state index is -0.492. The molecule has 2 aromatic heterocycles. The summed E-state index contributed by atoms with van der Waals surface area (Å²) in [6.07, 6.45) is 3.80. The molecule has 7 nitrogen and oxygen atoms in total. The molecule has 2 aliphatic rings. The summed E-state index contributed by atoms with van der Waals surface area (Å²) in [5, 5.41) is 0.346. The fourth-order valence-corrected chi connectivity index (χ4v) is 5.10. The Morgan fingerprint density at radius 1 is 1.06 bits per heavy atom. The largest absolute Gasteiger partial charge is 0.330 e. The van der Waals surface area contributed by atoms with Gasteiger partial charge in [-0.3, -0.25) is 19.1 Å². The van der Waals surface area contributed by atoms with Crippen LogP contribution < -0.4 is 11.2 Å². The Bertz CT molecular complexity index is 1380. The van der Waals surface area contributed by atoms with E-state index in [1.165, 1.54) is 11.8 Å². The zero-order valence-corrected chi connectivity index (χ0v) is 19.5. The molecule has 32 heavy (non-hydrogen) atoms. The van der Waals surface area contributed by atoms with Gasteiger partial charge in [0.25, 0.3) is 5.56 Å². The van der Waals surface area contributed by atoms with Crippen LogP contribution in [0.5, 0.6) is 0 Å². The summed E-state index contributed by atoms with van der Waals surface area (Å²) >= 11 is 1.28. The zero-order valence-electron chi connectivity index (χ0n) is 18.7. The Balaban J connectivity index is 1.60. The van der Waals surface area contributed by atoms with E-state index in [1.807, 2.05) is 39.8 Å². The van der Waals surface area contributed by atoms with Gasteiger partial charge in [-0.05, 0) is 76.1 Å². The van der Waals surface area contributed by atoms with E-state index in [4.69, 9.17) is 4.98 Å². The number of aromatic amines is 1. The third-order valence-electron chi connectivity index (χ3n) is 6.39. The smallest absolute Gasteiger partial charge is 0.293 e. The van der Waals surface area contributed by atoms with Crippen LogP contribution in [0.25, 0.3) is 11.0 Å². The molecular weight excluding hydrogens is 424 g/mol. The number of hydrogen-bond acceptors (Lipinski definition) is 6. The molecular formula is C24H26N4O3S. The van der Waals surface area contributed by atoms with Crippen LogP contribution >= 0.6 is 11.8 Å². The van der Waals surface area contributed by atoms with Crippen molar-refractivity contribution in [1.29, 1.82) is 0 Å². The number of rotatable bonds is 6. The molecule has 8 heteroatoms. The highest BCUT2D eigenvalue weighted by Gasteiger charge is 2.33. The maximum absolute atomic E-state index is 13.3. The third-order valence-corrected chi connectivity index (χ3v) is 7.47. The van der Waals surface area contributed by atoms with Gasteiger partial charge in [-0.15, -0.1) is 0 Å². The molecule has 0 bridgehead atoms. The molecule has 0 radical (unpaired) electrons. The molecule has 2 saturated carbocycles. The highest BCUT2D eigenvalue weighted by Crippen LogP contribution is 2.41. The fraction of sp³-hybridized carbons (Fsp3) is 0.458. The number of carbonyl (C=O) groups is 1. The molecule has 2 aliphatic carbocycles. The molecule has 1 atom stereocenters. The van der Waals surface area contributed by atoms with E-state index < -0.39 is 16.5 Å². The number of hydrogen-bond donors (Lipinski definition) is 1. The number of nitrogens with one attached hydrogen (secondary N) is 1. The zero-order chi connectivity index (χ0) is 22.7. The number of nitrogens with zero attached hydrogens (tertiary/aromatic N) is 3. The standard InChI is InChI=1S/C24H26N4O3S/c1-11-9-13(3)17(10-12(11)2)19(29)14(4)32-23-18-21(25-20(26-23)15-5-6-15)28(16-7-8-16)24(31)27-22(18)30/h9-10,14-16H,5-8H2,1-4H3,(H,27,30,31). The van der Waals surface area contributed by atoms with E-state index in [1.54, 1.807) is 4.57 Å². The van der Waals surface area contributed by atoms with E-state index in [2.05, 4.69) is 9.97 Å². The highest BCUT2D eigenvalue weighted by atomic mass is 32.2. The molecule has 1 aromatic carbocycles. The van der Waals surface area contributed by atoms with Gasteiger partial charge in [0.1, 0.15) is 16.2 Å². The first-order valence-electron chi connectivity index (χ1n) is 11.1. The minimum absolute atomic E-state index is 0.00211. The first kappa shape index (κ1) is 21.1. The maximum Gasteiger partial charge on any atom is 0.330 e. The van der Waals surface area contributed by atoms with E-state index >= 15 is 0 Å². The second kappa shape index (κ2) is 7.69. The summed E-state index contributed by atoms with van der Waals surface area (Å²) in [6.45, 7) is 7.83. The van der Waals surface area contributed by atoms with Crippen LogP contribution in [-0.4, -0.2) is 30.6 Å². The third kappa shape index (κ3) is 3.70. The predicted molar refractivity (Wildman–Crippen MR) is 125 cm³/mol. The van der Waals surface area contributed by atoms with Gasteiger partial charge >= 0.3 is 5.69 Å². The van der Waals surface area contributed by atoms with Crippen LogP contribution in [0.2, 0.25) is 0 Å². The van der Waals surface area contributed by atoms with Gasteiger partial charge in [-0.2, -0.15) is 0 Å². The second-order valence-electron chi connectivity index (χ2n) is 9.10. The molecule has 2 heterocycles. The molecule has 1 N–H and O–H groups in total. The van der Waals surface area contributed by atoms with Gasteiger partial charge in [-0.25, -0.2) is 14.8 Å². The van der Waals surface area contributed by atoms with E-state index in [9.17, 15) is 14.4 Å². The topological polar surface area (TPSA) is 97.7 Å². The lowest BCUT2D eigenvalue weighted by Crippen LogP contribution is -2.31. The summed E-state index contributed by atoms with van der Waals surface area (Å²) in [5.41, 5.74) is 3.35. The Morgan fingerprint density at radius 2 is 1.75 bits per heavy atom. The van der Waals surface area contributed by atoms with E-state index in [-0.39, 0.29) is 17.7 Å². The summed E-state index contributed by atoms with van der Waals surface area (Å²) in [6, 6.07) is 4.04. The lowest BCUT2D eigenvalue weighted by molar-refractivity contribution is 0.0993. The number of aromatic nitrogens is 4. The van der Waals surface area contributed by atoms with Crippen LogP contribution in [0.4, 0.5) is 0 Å². The van der Waals surface area contributed by atoms with Gasteiger partial charge in [0, 0.05) is 17.5 Å². The second-order valence-corrected chi connectivity index (χ2v) is 10.4. The van der Waals surface area contributed by atoms with Crippen molar-refractivity contribution in [2.45, 2.75) is 75.6 Å². The van der Waals surface area contributed by atoms with E-state index in [0.29, 0.717) is 27.4 Å². The Labute approximate surface area is 189 Å². The summed E-state index contributed by atoms with van der Waals surface area (Å²) in [5.74, 6) is 0.928. The molecule has 0 saturated heterocycles. The van der Waals surface area contributed by atoms with Crippen molar-refractivity contribution in [3.05, 3.63) is 61.0 Å². The summed E-state index contributed by atoms with van der Waals surface area (Å²) in [4.78, 5) is 50.5. The summed E-state index contributed by atoms with van der Waals surface area (Å²) in [7, 11) is 0. The fourth-order valence-electron chi connectivity index (χ4n) is 4.08. The van der Waals surface area contributed by atoms with Gasteiger partial charge in [0.15, 0.2) is 11.4 Å². The van der Waals surface area contributed by atoms with Crippen molar-refractivity contribution in [3.8, 4) is 0 Å². The van der Waals surface area contributed by atoms with Crippen molar-refractivity contribution < 1.29 is 4.79 Å². The molecule has 2 fully saturated rings. The average molecular weight is 451 g/mol. The average Bonchev–Trinajstić information content (AvgIpc) is 3.62. The van der Waals surface area contributed by atoms with Crippen molar-refractivity contribution >= 4 is 28.6 Å². The van der Waals surface area contributed by atoms with Crippen LogP contribution in [0.1, 0.15) is 77.4 Å². The number of H-pyrrole nitrogens is 1. The summed E-state index contributed by atoms with van der Waals surface area (Å²) < 4.78 is 1.61. The van der Waals surface area contributed by atoms with Crippen LogP contribution in [-0.2, 0) is 0 Å². The van der Waals surface area contributed by atoms with Gasteiger partial charge in [-0.1, -0.05) is 17.8 Å². The Hall–Kier alpha value is -2.74. The highest BCUT2D eigenvalue weighted by molar-refractivity contribution is 8.00. The maximum atomic E-state index is 13.3. The van der Waals surface area contributed by atoms with Crippen molar-refractivity contribution in [1.82, 2.24) is 19.5 Å². The number of ketones is 1. The molecule has 1 unspecified atom stereocenters. The van der Waals surface area contributed by atoms with Gasteiger partial charge in [0.05, 0.1) is 5.25 Å². The quantitative estimate of drug-likeness (QED) is 0.347. The lowest BCUT2D eigenvalue weighted by atomic mass is 9.97. The van der Waals surface area contributed by atoms with Gasteiger partial charge < -0.3 is 0 Å². The molecule has 0 aliphatic heterocycles. The Morgan fingerprint density at radius 3 is 2.41 bits per heavy atom. The first-order valence-corrected chi connectivity index (χ1v) is 12.0. The number of benzene rings is 1. The van der Waals surface area contributed by atoms with Gasteiger partial charge in [0.2, 0.25) is 0 Å². The number of fused-ring (bicyclic) bond motifs is 1. The normalized spacial score (nSPS) is 17.0. The number of aryl methyl sites for hydroxylation is 3. The SMILES string of the molecule is Cc1cc(C)c(C(=O)C(C)Sc2nc(C3CC3)nc3c2c(=O)[nH]c(=O)n3C2CC2)cc1C. The monoisotopic (exact) mass is 450 g/mol. The first-order chi connectivity index (χ1) is 15.2. The lowest BCUT2D eigenvalue weighted by Gasteiger charge is -2.16. The number of thioether (sulfide) groups is 1. The predicted octanol–water partition coefficient (Wildman–Crippen LogP) is 3.98. The molecule has 0 amide bonds. The molecule has 0 spiro atoms. The van der Waals surface area contributed by atoms with E-state index in [0.717, 1.165) is 42.4 Å². The van der Waals surface area contributed by atoms with Crippen LogP contribution in [0.3, 0.4) is 0 Å². The van der Waals surface area contributed by atoms with Crippen molar-refractivity contribution in [3.63, 3.8) is 0 Å². The molecule has 166 valence electrons. The number of carbonyl (C=O) groups excluding carboxylic acids is 1. The van der Waals surface area contributed by atoms with Crippen molar-refractivity contribution in [2.75, 3.05) is 0 Å².